The minimum atomic E-state index is 0.182. The Labute approximate surface area is 129 Å². The predicted molar refractivity (Wildman–Crippen MR) is 87.5 cm³/mol. The average molecular weight is 371 g/mol. The van der Waals surface area contributed by atoms with E-state index in [0.29, 0.717) is 11.8 Å². The summed E-state index contributed by atoms with van der Waals surface area (Å²) >= 11 is 2.31. The number of carbonyl (C=O) groups is 1. The lowest BCUT2D eigenvalue weighted by Crippen LogP contribution is -2.43. The number of likely N-dealkylation sites (tertiary alicyclic amines) is 1. The third kappa shape index (κ3) is 4.02. The van der Waals surface area contributed by atoms with Crippen molar-refractivity contribution < 1.29 is 4.79 Å². The fourth-order valence-corrected chi connectivity index (χ4v) is 4.01. The van der Waals surface area contributed by atoms with E-state index in [4.69, 9.17) is 0 Å². The summed E-state index contributed by atoms with van der Waals surface area (Å²) in [5, 5.41) is 0. The fourth-order valence-electron chi connectivity index (χ4n) is 3.06. The summed E-state index contributed by atoms with van der Waals surface area (Å²) < 4.78 is 0.182. The molecule has 1 aromatic carbocycles. The second-order valence-electron chi connectivity index (χ2n) is 5.42. The molecule has 1 aromatic rings. The van der Waals surface area contributed by atoms with Crippen molar-refractivity contribution >= 4 is 28.9 Å². The highest BCUT2D eigenvalue weighted by atomic mass is 127. The molecular formula is C16H22INO. The standard InChI is InChI=1S/C16H22INO/c1-2-14-11-18(9-8-15(14)16(17)12-19)10-13-6-4-3-5-7-13/h3-7,12,14-16H,2,8-11H2,1H3. The quantitative estimate of drug-likeness (QED) is 0.448. The molecule has 0 N–H and O–H groups in total. The van der Waals surface area contributed by atoms with Crippen molar-refractivity contribution in [2.24, 2.45) is 11.8 Å². The monoisotopic (exact) mass is 371 g/mol. The van der Waals surface area contributed by atoms with E-state index in [1.807, 2.05) is 0 Å². The van der Waals surface area contributed by atoms with Crippen LogP contribution in [0.25, 0.3) is 0 Å². The highest BCUT2D eigenvalue weighted by molar-refractivity contribution is 14.1. The first-order valence-corrected chi connectivity index (χ1v) is 8.34. The Kier molecular flexibility index (Phi) is 5.82. The minimum Gasteiger partial charge on any atom is -0.302 e. The maximum Gasteiger partial charge on any atom is 0.133 e. The van der Waals surface area contributed by atoms with Crippen LogP contribution >= 0.6 is 22.6 Å². The van der Waals surface area contributed by atoms with Crippen molar-refractivity contribution in [2.45, 2.75) is 30.2 Å². The molecular weight excluding hydrogens is 349 g/mol. The maximum absolute atomic E-state index is 11.0. The minimum absolute atomic E-state index is 0.182. The van der Waals surface area contributed by atoms with Gasteiger partial charge in [0.05, 0.1) is 3.92 Å². The molecule has 0 bridgehead atoms. The summed E-state index contributed by atoms with van der Waals surface area (Å²) in [7, 11) is 0. The first kappa shape index (κ1) is 15.0. The van der Waals surface area contributed by atoms with Gasteiger partial charge in [0, 0.05) is 13.1 Å². The van der Waals surface area contributed by atoms with Gasteiger partial charge in [-0.05, 0) is 30.4 Å². The second-order valence-corrected chi connectivity index (χ2v) is 6.86. The van der Waals surface area contributed by atoms with Gasteiger partial charge in [-0.1, -0.05) is 66.3 Å². The van der Waals surface area contributed by atoms with Crippen LogP contribution in [0.3, 0.4) is 0 Å². The van der Waals surface area contributed by atoms with Gasteiger partial charge in [-0.3, -0.25) is 4.90 Å². The first-order chi connectivity index (χ1) is 9.24. The molecule has 2 nitrogen and oxygen atoms in total. The van der Waals surface area contributed by atoms with Gasteiger partial charge in [0.2, 0.25) is 0 Å². The summed E-state index contributed by atoms with van der Waals surface area (Å²) in [5.41, 5.74) is 1.39. The van der Waals surface area contributed by atoms with Crippen LogP contribution in [0.4, 0.5) is 0 Å². The Morgan fingerprint density at radius 3 is 2.79 bits per heavy atom. The zero-order valence-electron chi connectivity index (χ0n) is 11.5. The van der Waals surface area contributed by atoms with Gasteiger partial charge >= 0.3 is 0 Å². The van der Waals surface area contributed by atoms with E-state index in [1.54, 1.807) is 0 Å². The molecule has 0 saturated carbocycles. The molecule has 0 aromatic heterocycles. The molecule has 1 aliphatic rings. The topological polar surface area (TPSA) is 20.3 Å². The molecule has 0 aliphatic carbocycles. The number of aldehydes is 1. The van der Waals surface area contributed by atoms with Gasteiger partial charge in [-0.15, -0.1) is 0 Å². The predicted octanol–water partition coefficient (Wildman–Crippen LogP) is 3.54. The van der Waals surface area contributed by atoms with E-state index in [0.717, 1.165) is 32.3 Å². The second kappa shape index (κ2) is 7.39. The van der Waals surface area contributed by atoms with Crippen LogP contribution in [0.2, 0.25) is 0 Å². The van der Waals surface area contributed by atoms with Gasteiger partial charge in [-0.25, -0.2) is 0 Å². The number of piperidine rings is 1. The van der Waals surface area contributed by atoms with Gasteiger partial charge in [0.15, 0.2) is 0 Å². The van der Waals surface area contributed by atoms with Gasteiger partial charge < -0.3 is 4.79 Å². The van der Waals surface area contributed by atoms with E-state index in [-0.39, 0.29) is 3.92 Å². The molecule has 0 amide bonds. The fraction of sp³-hybridized carbons (Fsp3) is 0.562. The van der Waals surface area contributed by atoms with Crippen molar-refractivity contribution in [3.8, 4) is 0 Å². The molecule has 1 heterocycles. The third-order valence-electron chi connectivity index (χ3n) is 4.19. The first-order valence-electron chi connectivity index (χ1n) is 7.10. The Morgan fingerprint density at radius 2 is 2.16 bits per heavy atom. The van der Waals surface area contributed by atoms with E-state index in [9.17, 15) is 4.79 Å². The van der Waals surface area contributed by atoms with Crippen LogP contribution in [0.15, 0.2) is 30.3 Å². The molecule has 2 rings (SSSR count). The Hall–Kier alpha value is -0.420. The van der Waals surface area contributed by atoms with Crippen molar-refractivity contribution in [3.05, 3.63) is 35.9 Å². The highest BCUT2D eigenvalue weighted by Crippen LogP contribution is 2.32. The average Bonchev–Trinajstić information content (AvgIpc) is 2.47. The van der Waals surface area contributed by atoms with Crippen molar-refractivity contribution in [3.63, 3.8) is 0 Å². The summed E-state index contributed by atoms with van der Waals surface area (Å²) in [5.74, 6) is 1.22. The number of halogens is 1. The molecule has 3 atom stereocenters. The summed E-state index contributed by atoms with van der Waals surface area (Å²) in [6.45, 7) is 5.53. The smallest absolute Gasteiger partial charge is 0.133 e. The lowest BCUT2D eigenvalue weighted by atomic mass is 9.82. The third-order valence-corrected chi connectivity index (χ3v) is 5.41. The molecule has 0 spiro atoms. The lowest BCUT2D eigenvalue weighted by molar-refractivity contribution is -0.108. The molecule has 1 saturated heterocycles. The highest BCUT2D eigenvalue weighted by Gasteiger charge is 2.32. The van der Waals surface area contributed by atoms with E-state index in [2.05, 4.69) is 64.7 Å². The number of nitrogens with zero attached hydrogens (tertiary/aromatic N) is 1. The summed E-state index contributed by atoms with van der Waals surface area (Å²) in [4.78, 5) is 13.6. The van der Waals surface area contributed by atoms with Gasteiger partial charge in [0.1, 0.15) is 6.29 Å². The number of hydrogen-bond acceptors (Lipinski definition) is 2. The van der Waals surface area contributed by atoms with E-state index >= 15 is 0 Å². The molecule has 3 heteroatoms. The van der Waals surface area contributed by atoms with Crippen LogP contribution in [0, 0.1) is 11.8 Å². The molecule has 104 valence electrons. The van der Waals surface area contributed by atoms with Gasteiger partial charge in [-0.2, -0.15) is 0 Å². The molecule has 1 fully saturated rings. The Morgan fingerprint density at radius 1 is 1.42 bits per heavy atom. The Bertz CT molecular complexity index is 395. The van der Waals surface area contributed by atoms with Crippen LogP contribution in [0.1, 0.15) is 25.3 Å². The van der Waals surface area contributed by atoms with Crippen molar-refractivity contribution in [2.75, 3.05) is 13.1 Å². The van der Waals surface area contributed by atoms with Gasteiger partial charge in [0.25, 0.3) is 0 Å². The van der Waals surface area contributed by atoms with Crippen LogP contribution < -0.4 is 0 Å². The summed E-state index contributed by atoms with van der Waals surface area (Å²) in [6.07, 6.45) is 3.45. The number of hydrogen-bond donors (Lipinski definition) is 0. The molecule has 19 heavy (non-hydrogen) atoms. The number of benzene rings is 1. The number of carbonyl (C=O) groups excluding carboxylic acids is 1. The number of alkyl halides is 1. The molecule has 1 aliphatic heterocycles. The summed E-state index contributed by atoms with van der Waals surface area (Å²) in [6, 6.07) is 10.7. The SMILES string of the molecule is CCC1CN(Cc2ccccc2)CCC1C(I)C=O. The zero-order chi connectivity index (χ0) is 13.7. The normalized spacial score (nSPS) is 26.0. The molecule has 3 unspecified atom stereocenters. The van der Waals surface area contributed by atoms with Crippen LogP contribution in [-0.2, 0) is 11.3 Å². The van der Waals surface area contributed by atoms with Crippen molar-refractivity contribution in [1.29, 1.82) is 0 Å². The number of rotatable bonds is 5. The van der Waals surface area contributed by atoms with Crippen LogP contribution in [0.5, 0.6) is 0 Å². The van der Waals surface area contributed by atoms with E-state index < -0.39 is 0 Å². The zero-order valence-corrected chi connectivity index (χ0v) is 13.6. The lowest BCUT2D eigenvalue weighted by Gasteiger charge is -2.39. The Balaban J connectivity index is 1.95. The maximum atomic E-state index is 11.0. The van der Waals surface area contributed by atoms with Crippen molar-refractivity contribution in [1.82, 2.24) is 4.90 Å². The van der Waals surface area contributed by atoms with Crippen LogP contribution in [-0.4, -0.2) is 28.2 Å². The largest absolute Gasteiger partial charge is 0.302 e. The van der Waals surface area contributed by atoms with E-state index in [1.165, 1.54) is 12.0 Å². The molecule has 0 radical (unpaired) electrons.